The highest BCUT2D eigenvalue weighted by Crippen LogP contribution is 2.31. The van der Waals surface area contributed by atoms with Crippen molar-refractivity contribution in [2.75, 3.05) is 13.1 Å². The smallest absolute Gasteiger partial charge is 0.350 e. The monoisotopic (exact) mass is 342 g/mol. The van der Waals surface area contributed by atoms with Gasteiger partial charge in [0.2, 0.25) is 0 Å². The van der Waals surface area contributed by atoms with Crippen LogP contribution in [0.4, 0.5) is 13.2 Å². The van der Waals surface area contributed by atoms with Crippen molar-refractivity contribution in [2.24, 2.45) is 0 Å². The summed E-state index contributed by atoms with van der Waals surface area (Å²) in [6, 6.07) is 2.90. The van der Waals surface area contributed by atoms with E-state index in [9.17, 15) is 18.0 Å². The zero-order valence-corrected chi connectivity index (χ0v) is 12.5. The molecule has 1 aliphatic heterocycles. The normalized spacial score (nSPS) is 18.2. The first-order valence-corrected chi connectivity index (χ1v) is 6.64. The van der Waals surface area contributed by atoms with Crippen LogP contribution in [0.25, 0.3) is 0 Å². The first-order chi connectivity index (χ1) is 9.38. The van der Waals surface area contributed by atoms with E-state index in [1.54, 1.807) is 0 Å². The molecule has 0 bridgehead atoms. The van der Waals surface area contributed by atoms with Crippen LogP contribution < -0.4 is 10.6 Å². The summed E-state index contributed by atoms with van der Waals surface area (Å²) in [4.78, 5) is 11.9. The van der Waals surface area contributed by atoms with Gasteiger partial charge in [0.1, 0.15) is 0 Å². The highest BCUT2D eigenvalue weighted by Gasteiger charge is 2.31. The Balaban J connectivity index is 0.00000220. The lowest BCUT2D eigenvalue weighted by Crippen LogP contribution is -2.37. The summed E-state index contributed by atoms with van der Waals surface area (Å²) >= 11 is 5.79. The fraction of sp³-hybridized carbons (Fsp3) is 0.462. The van der Waals surface area contributed by atoms with E-state index in [1.165, 1.54) is 0 Å². The van der Waals surface area contributed by atoms with Crippen molar-refractivity contribution in [1.29, 1.82) is 0 Å². The number of amides is 1. The van der Waals surface area contributed by atoms with Gasteiger partial charge >= 0.3 is 6.18 Å². The number of carbonyl (C=O) groups excluding carboxylic acids is 1. The van der Waals surface area contributed by atoms with Gasteiger partial charge in [0, 0.05) is 12.6 Å². The van der Waals surface area contributed by atoms with Gasteiger partial charge in [-0.1, -0.05) is 11.6 Å². The Kier molecular flexibility index (Phi) is 6.31. The van der Waals surface area contributed by atoms with Gasteiger partial charge in [0.05, 0.1) is 16.1 Å². The third-order valence-electron chi connectivity index (χ3n) is 3.21. The minimum atomic E-state index is -4.49. The Morgan fingerprint density at radius 1 is 1.43 bits per heavy atom. The second-order valence-corrected chi connectivity index (χ2v) is 5.10. The fourth-order valence-corrected chi connectivity index (χ4v) is 2.32. The second-order valence-electron chi connectivity index (χ2n) is 4.70. The molecule has 0 unspecified atom stereocenters. The van der Waals surface area contributed by atoms with E-state index in [2.05, 4.69) is 10.6 Å². The molecule has 0 aliphatic carbocycles. The van der Waals surface area contributed by atoms with Crippen molar-refractivity contribution in [3.05, 3.63) is 34.3 Å². The molecule has 1 aromatic carbocycles. The van der Waals surface area contributed by atoms with E-state index < -0.39 is 17.6 Å². The van der Waals surface area contributed by atoms with Crippen molar-refractivity contribution >= 4 is 29.9 Å². The maximum Gasteiger partial charge on any atom is 0.416 e. The lowest BCUT2D eigenvalue weighted by Gasteiger charge is -2.13. The van der Waals surface area contributed by atoms with E-state index in [4.69, 9.17) is 11.6 Å². The molecule has 1 saturated heterocycles. The number of alkyl halides is 3. The van der Waals surface area contributed by atoms with Crippen LogP contribution in [0, 0.1) is 0 Å². The van der Waals surface area contributed by atoms with Crippen LogP contribution in [0.5, 0.6) is 0 Å². The number of nitrogens with one attached hydrogen (secondary N) is 2. The lowest BCUT2D eigenvalue weighted by molar-refractivity contribution is -0.137. The zero-order chi connectivity index (χ0) is 14.8. The van der Waals surface area contributed by atoms with E-state index in [-0.39, 0.29) is 29.0 Å². The number of hydrogen-bond acceptors (Lipinski definition) is 2. The van der Waals surface area contributed by atoms with Gasteiger partial charge < -0.3 is 10.6 Å². The minimum Gasteiger partial charge on any atom is -0.350 e. The van der Waals surface area contributed by atoms with Crippen LogP contribution in [0.1, 0.15) is 28.8 Å². The Hall–Kier alpha value is -0.980. The number of benzene rings is 1. The highest BCUT2D eigenvalue weighted by atomic mass is 35.5. The third kappa shape index (κ3) is 4.76. The molecule has 2 rings (SSSR count). The third-order valence-corrected chi connectivity index (χ3v) is 3.54. The molecular formula is C13H15Cl2F3N2O. The van der Waals surface area contributed by atoms with Gasteiger partial charge in [0.15, 0.2) is 0 Å². The van der Waals surface area contributed by atoms with Crippen molar-refractivity contribution in [1.82, 2.24) is 10.6 Å². The van der Waals surface area contributed by atoms with E-state index in [0.717, 1.165) is 37.6 Å². The molecule has 2 N–H and O–H groups in total. The molecule has 1 amide bonds. The molecule has 1 aliphatic rings. The van der Waals surface area contributed by atoms with Crippen LogP contribution >= 0.6 is 24.0 Å². The molecule has 1 fully saturated rings. The predicted molar refractivity (Wildman–Crippen MR) is 77.1 cm³/mol. The Morgan fingerprint density at radius 2 is 2.14 bits per heavy atom. The number of rotatable bonds is 3. The van der Waals surface area contributed by atoms with Gasteiger partial charge in [-0.15, -0.1) is 12.4 Å². The van der Waals surface area contributed by atoms with Crippen LogP contribution in [-0.2, 0) is 6.18 Å². The predicted octanol–water partition coefficient (Wildman–Crippen LogP) is 3.26. The molecule has 1 heterocycles. The average Bonchev–Trinajstić information content (AvgIpc) is 2.88. The van der Waals surface area contributed by atoms with Crippen molar-refractivity contribution in [3.8, 4) is 0 Å². The molecule has 0 radical (unpaired) electrons. The molecule has 0 aromatic heterocycles. The van der Waals surface area contributed by atoms with Crippen LogP contribution in [0.3, 0.4) is 0 Å². The van der Waals surface area contributed by atoms with Crippen molar-refractivity contribution in [2.45, 2.75) is 25.1 Å². The Bertz CT molecular complexity index is 503. The summed E-state index contributed by atoms with van der Waals surface area (Å²) in [5.74, 6) is -0.588. The first kappa shape index (κ1) is 18.1. The summed E-state index contributed by atoms with van der Waals surface area (Å²) in [6.07, 6.45) is -2.52. The highest BCUT2D eigenvalue weighted by molar-refractivity contribution is 6.33. The minimum absolute atomic E-state index is 0. The SMILES string of the molecule is Cl.O=C(NC[C@@H]1CCCN1)c1cc(C(F)(F)F)ccc1Cl. The first-order valence-electron chi connectivity index (χ1n) is 6.26. The number of carbonyl (C=O) groups is 1. The Labute approximate surface area is 131 Å². The number of halogens is 5. The van der Waals surface area contributed by atoms with E-state index in [0.29, 0.717) is 6.54 Å². The second kappa shape index (κ2) is 7.33. The van der Waals surface area contributed by atoms with E-state index >= 15 is 0 Å². The summed E-state index contributed by atoms with van der Waals surface area (Å²) in [5.41, 5.74) is -1.04. The van der Waals surface area contributed by atoms with Crippen LogP contribution in [0.15, 0.2) is 18.2 Å². The largest absolute Gasteiger partial charge is 0.416 e. The summed E-state index contributed by atoms with van der Waals surface area (Å²) in [7, 11) is 0. The Morgan fingerprint density at radius 3 is 2.71 bits per heavy atom. The number of hydrogen-bond donors (Lipinski definition) is 2. The van der Waals surface area contributed by atoms with E-state index in [1.807, 2.05) is 0 Å². The molecule has 118 valence electrons. The van der Waals surface area contributed by atoms with Crippen LogP contribution in [0.2, 0.25) is 5.02 Å². The standard InChI is InChI=1S/C13H14ClF3N2O.ClH/c14-11-4-3-8(13(15,16)17)6-10(11)12(20)19-7-9-2-1-5-18-9;/h3-4,6,9,18H,1-2,5,7H2,(H,19,20);1H/t9-;/m0./s1. The van der Waals surface area contributed by atoms with Crippen molar-refractivity contribution < 1.29 is 18.0 Å². The molecular weight excluding hydrogens is 328 g/mol. The molecule has 8 heteroatoms. The topological polar surface area (TPSA) is 41.1 Å². The average molecular weight is 343 g/mol. The summed E-state index contributed by atoms with van der Waals surface area (Å²) in [5, 5.41) is 5.80. The zero-order valence-electron chi connectivity index (χ0n) is 11.0. The van der Waals surface area contributed by atoms with Gasteiger partial charge in [-0.25, -0.2) is 0 Å². The summed E-state index contributed by atoms with van der Waals surface area (Å²) in [6.45, 7) is 1.27. The summed E-state index contributed by atoms with van der Waals surface area (Å²) < 4.78 is 37.8. The van der Waals surface area contributed by atoms with Gasteiger partial charge in [-0.2, -0.15) is 13.2 Å². The van der Waals surface area contributed by atoms with Gasteiger partial charge in [0.25, 0.3) is 5.91 Å². The quantitative estimate of drug-likeness (QED) is 0.885. The maximum atomic E-state index is 12.6. The maximum absolute atomic E-state index is 12.6. The molecule has 0 spiro atoms. The molecule has 21 heavy (non-hydrogen) atoms. The molecule has 0 saturated carbocycles. The fourth-order valence-electron chi connectivity index (χ4n) is 2.12. The van der Waals surface area contributed by atoms with Gasteiger partial charge in [-0.05, 0) is 37.6 Å². The molecule has 1 atom stereocenters. The molecule has 1 aromatic rings. The van der Waals surface area contributed by atoms with Gasteiger partial charge in [-0.3, -0.25) is 4.79 Å². The van der Waals surface area contributed by atoms with Crippen LogP contribution in [-0.4, -0.2) is 25.0 Å². The lowest BCUT2D eigenvalue weighted by atomic mass is 10.1. The molecule has 3 nitrogen and oxygen atoms in total. The van der Waals surface area contributed by atoms with Crippen molar-refractivity contribution in [3.63, 3.8) is 0 Å².